The van der Waals surface area contributed by atoms with E-state index in [0.717, 1.165) is 49.8 Å². The van der Waals surface area contributed by atoms with E-state index < -0.39 is 6.10 Å². The summed E-state index contributed by atoms with van der Waals surface area (Å²) in [5, 5.41) is 16.8. The lowest BCUT2D eigenvalue weighted by molar-refractivity contribution is -0.0117. The molecule has 2 aliphatic carbocycles. The normalized spacial score (nSPS) is 30.0. The average molecular weight is 390 g/mol. The third-order valence-corrected chi connectivity index (χ3v) is 5.83. The maximum atomic E-state index is 9.89. The number of anilines is 2. The van der Waals surface area contributed by atoms with Gasteiger partial charge in [-0.25, -0.2) is 4.98 Å². The second kappa shape index (κ2) is 8.63. The predicted molar refractivity (Wildman–Crippen MR) is 108 cm³/mol. The Morgan fingerprint density at radius 3 is 2.64 bits per heavy atom. The van der Waals surface area contributed by atoms with Crippen LogP contribution in [0.25, 0.3) is 5.70 Å². The highest BCUT2D eigenvalue weighted by atomic mass is 16.5. The topological polar surface area (TPSA) is 115 Å². The summed E-state index contributed by atoms with van der Waals surface area (Å²) in [5.74, 6) is 1.32. The summed E-state index contributed by atoms with van der Waals surface area (Å²) in [6.07, 6.45) is 8.61. The molecule has 0 spiro atoms. The van der Waals surface area contributed by atoms with Gasteiger partial charge in [-0.1, -0.05) is 0 Å². The van der Waals surface area contributed by atoms with Crippen molar-refractivity contribution in [2.75, 3.05) is 31.0 Å². The number of nitrogens with zero attached hydrogens (tertiary/aromatic N) is 2. The first-order valence-corrected chi connectivity index (χ1v) is 10.3. The van der Waals surface area contributed by atoms with Crippen molar-refractivity contribution in [1.29, 1.82) is 0 Å². The van der Waals surface area contributed by atoms with E-state index in [-0.39, 0.29) is 6.04 Å². The molecule has 5 N–H and O–H groups in total. The van der Waals surface area contributed by atoms with Gasteiger partial charge in [0, 0.05) is 25.0 Å². The van der Waals surface area contributed by atoms with Crippen molar-refractivity contribution in [3.05, 3.63) is 17.3 Å². The lowest BCUT2D eigenvalue weighted by Crippen LogP contribution is -2.38. The Bertz CT molecular complexity index is 712. The zero-order valence-corrected chi connectivity index (χ0v) is 16.5. The van der Waals surface area contributed by atoms with Gasteiger partial charge in [0.15, 0.2) is 0 Å². The number of aromatic nitrogens is 2. The van der Waals surface area contributed by atoms with E-state index in [1.165, 1.54) is 5.57 Å². The lowest BCUT2D eigenvalue weighted by Gasteiger charge is -2.29. The van der Waals surface area contributed by atoms with Crippen LogP contribution in [0.15, 0.2) is 11.8 Å². The molecule has 2 atom stereocenters. The Hall–Kier alpha value is -1.90. The van der Waals surface area contributed by atoms with Crippen LogP contribution in [-0.2, 0) is 9.47 Å². The van der Waals surface area contributed by atoms with Crippen LogP contribution in [0.1, 0.15) is 50.5 Å². The number of hydrogen-bond acceptors (Lipinski definition) is 8. The molecule has 0 bridgehead atoms. The zero-order valence-electron chi connectivity index (χ0n) is 16.5. The van der Waals surface area contributed by atoms with Crippen molar-refractivity contribution >= 4 is 17.5 Å². The van der Waals surface area contributed by atoms with E-state index in [4.69, 9.17) is 20.2 Å². The highest BCUT2D eigenvalue weighted by Crippen LogP contribution is 2.36. The van der Waals surface area contributed by atoms with Crippen LogP contribution in [-0.4, -0.2) is 59.7 Å². The maximum Gasteiger partial charge on any atom is 0.224 e. The van der Waals surface area contributed by atoms with Gasteiger partial charge in [0.1, 0.15) is 5.82 Å². The fraction of sp³-hybridized carbons (Fsp3) is 0.700. The first kappa shape index (κ1) is 19.4. The van der Waals surface area contributed by atoms with Crippen LogP contribution in [0.3, 0.4) is 0 Å². The summed E-state index contributed by atoms with van der Waals surface area (Å²) < 4.78 is 10.9. The molecule has 1 aromatic heterocycles. The minimum atomic E-state index is -0.454. The molecule has 8 nitrogen and oxygen atoms in total. The Labute approximate surface area is 165 Å². The van der Waals surface area contributed by atoms with Crippen LogP contribution < -0.4 is 16.4 Å². The molecule has 4 rings (SSSR count). The van der Waals surface area contributed by atoms with Gasteiger partial charge in [-0.05, 0) is 50.5 Å². The van der Waals surface area contributed by atoms with E-state index in [2.05, 4.69) is 15.6 Å². The molecule has 0 amide bonds. The molecular formula is C20H31N5O3. The molecule has 2 saturated carbocycles. The van der Waals surface area contributed by atoms with Gasteiger partial charge in [-0.3, -0.25) is 0 Å². The number of hydrogen-bond donors (Lipinski definition) is 4. The standard InChI is InChI=1S/C20H31N5O3/c1-27-16-6-4-13(5-7-16)24-20-22-9-17(18(21)12-2-3-12)19(25-20)23-14-8-15(26)11-28-10-14/h9,13-16,26H,2-8,10-11,21H2,1H3,(H2,22,23,24,25)/t13?,14-,15+,16?/m1/s1. The highest BCUT2D eigenvalue weighted by molar-refractivity contribution is 5.76. The smallest absolute Gasteiger partial charge is 0.224 e. The van der Waals surface area contributed by atoms with Crippen LogP contribution in [0.4, 0.5) is 11.8 Å². The Morgan fingerprint density at radius 1 is 1.18 bits per heavy atom. The second-order valence-corrected chi connectivity index (χ2v) is 8.10. The number of nitrogens with one attached hydrogen (secondary N) is 2. The highest BCUT2D eigenvalue weighted by Gasteiger charge is 2.26. The molecule has 3 fully saturated rings. The number of rotatable bonds is 6. The van der Waals surface area contributed by atoms with Crippen LogP contribution >= 0.6 is 0 Å². The van der Waals surface area contributed by atoms with Crippen molar-refractivity contribution in [2.24, 2.45) is 5.73 Å². The summed E-state index contributed by atoms with van der Waals surface area (Å²) in [6, 6.07) is 0.350. The molecule has 2 heterocycles. The van der Waals surface area contributed by atoms with Crippen molar-refractivity contribution in [1.82, 2.24) is 9.97 Å². The van der Waals surface area contributed by atoms with Crippen molar-refractivity contribution in [3.8, 4) is 0 Å². The predicted octanol–water partition coefficient (Wildman–Crippen LogP) is 1.87. The Morgan fingerprint density at radius 2 is 1.96 bits per heavy atom. The van der Waals surface area contributed by atoms with Crippen LogP contribution in [0, 0.1) is 0 Å². The van der Waals surface area contributed by atoms with Gasteiger partial charge < -0.3 is 30.9 Å². The third-order valence-electron chi connectivity index (χ3n) is 5.83. The quantitative estimate of drug-likeness (QED) is 0.583. The molecule has 28 heavy (non-hydrogen) atoms. The number of aliphatic hydroxyl groups excluding tert-OH is 1. The van der Waals surface area contributed by atoms with Gasteiger partial charge >= 0.3 is 0 Å². The number of nitrogens with two attached hydrogens (primary N) is 1. The van der Waals surface area contributed by atoms with Crippen LogP contribution in [0.5, 0.6) is 0 Å². The molecular weight excluding hydrogens is 358 g/mol. The molecule has 0 unspecified atom stereocenters. The number of methoxy groups -OCH3 is 1. The van der Waals surface area contributed by atoms with E-state index in [1.807, 2.05) is 0 Å². The molecule has 1 aromatic rings. The average Bonchev–Trinajstić information content (AvgIpc) is 3.54. The van der Waals surface area contributed by atoms with E-state index in [9.17, 15) is 5.11 Å². The van der Waals surface area contributed by atoms with Gasteiger partial charge in [-0.15, -0.1) is 0 Å². The fourth-order valence-electron chi connectivity index (χ4n) is 4.01. The molecule has 8 heteroatoms. The Balaban J connectivity index is 1.50. The molecule has 154 valence electrons. The summed E-state index contributed by atoms with van der Waals surface area (Å²) >= 11 is 0. The molecule has 0 aromatic carbocycles. The number of aliphatic hydroxyl groups is 1. The van der Waals surface area contributed by atoms with Gasteiger partial charge in [-0.2, -0.15) is 4.98 Å². The summed E-state index contributed by atoms with van der Waals surface area (Å²) in [5.41, 5.74) is 9.20. The van der Waals surface area contributed by atoms with Gasteiger partial charge in [0.2, 0.25) is 5.95 Å². The third kappa shape index (κ3) is 4.74. The fourth-order valence-corrected chi connectivity index (χ4v) is 4.01. The minimum Gasteiger partial charge on any atom is -0.398 e. The van der Waals surface area contributed by atoms with E-state index in [0.29, 0.717) is 43.5 Å². The minimum absolute atomic E-state index is 0.000560. The molecule has 1 aliphatic heterocycles. The van der Waals surface area contributed by atoms with Crippen molar-refractivity contribution < 1.29 is 14.6 Å². The van der Waals surface area contributed by atoms with Crippen molar-refractivity contribution in [3.63, 3.8) is 0 Å². The molecule has 3 aliphatic rings. The largest absolute Gasteiger partial charge is 0.398 e. The van der Waals surface area contributed by atoms with Crippen molar-refractivity contribution in [2.45, 2.75) is 69.2 Å². The van der Waals surface area contributed by atoms with Gasteiger partial charge in [0.25, 0.3) is 0 Å². The first-order valence-electron chi connectivity index (χ1n) is 10.3. The Kier molecular flexibility index (Phi) is 5.99. The second-order valence-electron chi connectivity index (χ2n) is 8.10. The lowest BCUT2D eigenvalue weighted by atomic mass is 9.93. The molecule has 0 radical (unpaired) electrons. The van der Waals surface area contributed by atoms with E-state index >= 15 is 0 Å². The zero-order chi connectivity index (χ0) is 19.5. The maximum absolute atomic E-state index is 9.89. The number of ether oxygens (including phenoxy) is 2. The van der Waals surface area contributed by atoms with Crippen LogP contribution in [0.2, 0.25) is 0 Å². The number of allylic oxidation sites excluding steroid dienone is 1. The van der Waals surface area contributed by atoms with Gasteiger partial charge in [0.05, 0.1) is 37.0 Å². The monoisotopic (exact) mass is 389 g/mol. The van der Waals surface area contributed by atoms with E-state index in [1.54, 1.807) is 13.3 Å². The summed E-state index contributed by atoms with van der Waals surface area (Å²) in [6.45, 7) is 0.929. The summed E-state index contributed by atoms with van der Waals surface area (Å²) in [4.78, 5) is 9.26. The summed E-state index contributed by atoms with van der Waals surface area (Å²) in [7, 11) is 1.78. The molecule has 1 saturated heterocycles. The first-order chi connectivity index (χ1) is 13.6. The SMILES string of the molecule is COC1CCC(Nc2ncc(C(N)=C3CC3)c(N[C@H]3COC[C@@H](O)C3)n2)CC1.